The Labute approximate surface area is 121 Å². The van der Waals surface area contributed by atoms with E-state index in [9.17, 15) is 0 Å². The topological polar surface area (TPSA) is 43.4 Å². The Hall–Kier alpha value is -1.59. The molecule has 0 unspecified atom stereocenters. The molecule has 104 valence electrons. The van der Waals surface area contributed by atoms with E-state index in [2.05, 4.69) is 15.7 Å². The highest BCUT2D eigenvalue weighted by molar-refractivity contribution is 7.09. The number of fused-ring (bicyclic) bond motifs is 1. The fourth-order valence-corrected chi connectivity index (χ4v) is 3.00. The van der Waals surface area contributed by atoms with E-state index < -0.39 is 0 Å². The normalized spacial score (nSPS) is 17.2. The van der Waals surface area contributed by atoms with Gasteiger partial charge in [-0.25, -0.2) is 4.98 Å². The van der Waals surface area contributed by atoms with Crippen LogP contribution in [0.4, 0.5) is 0 Å². The molecule has 2 aromatic rings. The smallest absolute Gasteiger partial charge is 0.162 e. The van der Waals surface area contributed by atoms with Crippen LogP contribution >= 0.6 is 11.3 Å². The highest BCUT2D eigenvalue weighted by Crippen LogP contribution is 2.34. The largest absolute Gasteiger partial charge is 0.486 e. The van der Waals surface area contributed by atoms with Crippen LogP contribution in [0.1, 0.15) is 17.8 Å². The Kier molecular flexibility index (Phi) is 3.09. The van der Waals surface area contributed by atoms with E-state index in [1.54, 1.807) is 11.3 Å². The van der Waals surface area contributed by atoms with Gasteiger partial charge in [0.25, 0.3) is 0 Å². The fraction of sp³-hybridized carbons (Fsp3) is 0.400. The number of thiazole rings is 1. The number of aromatic nitrogens is 1. The maximum Gasteiger partial charge on any atom is 0.162 e. The van der Waals surface area contributed by atoms with E-state index >= 15 is 0 Å². The monoisotopic (exact) mass is 288 g/mol. The average molecular weight is 288 g/mol. The van der Waals surface area contributed by atoms with Gasteiger partial charge in [0, 0.05) is 23.5 Å². The molecule has 1 aromatic carbocycles. The van der Waals surface area contributed by atoms with Crippen LogP contribution in [0.2, 0.25) is 0 Å². The van der Waals surface area contributed by atoms with Gasteiger partial charge < -0.3 is 14.8 Å². The predicted molar refractivity (Wildman–Crippen MR) is 78.4 cm³/mol. The van der Waals surface area contributed by atoms with Crippen molar-refractivity contribution >= 4 is 11.3 Å². The molecule has 0 saturated heterocycles. The molecule has 1 aliphatic heterocycles. The molecule has 4 nitrogen and oxygen atoms in total. The van der Waals surface area contributed by atoms with Crippen LogP contribution in [0.3, 0.4) is 0 Å². The number of nitrogens with one attached hydrogen (secondary N) is 1. The summed E-state index contributed by atoms with van der Waals surface area (Å²) in [6, 6.07) is 6.74. The molecular weight excluding hydrogens is 272 g/mol. The number of nitrogens with zero attached hydrogens (tertiary/aromatic N) is 1. The van der Waals surface area contributed by atoms with E-state index in [-0.39, 0.29) is 0 Å². The van der Waals surface area contributed by atoms with E-state index in [0.717, 1.165) is 40.4 Å². The molecule has 0 radical (unpaired) electrons. The number of rotatable bonds is 4. The van der Waals surface area contributed by atoms with Crippen molar-refractivity contribution in [3.8, 4) is 22.8 Å². The molecule has 2 aliphatic rings. The summed E-state index contributed by atoms with van der Waals surface area (Å²) >= 11 is 1.71. The molecule has 5 heteroatoms. The second-order valence-corrected chi connectivity index (χ2v) is 6.08. The SMILES string of the molecule is c1cc2c(cc1-c1csc(CNC3CC3)n1)OCCO2. The van der Waals surface area contributed by atoms with Gasteiger partial charge >= 0.3 is 0 Å². The van der Waals surface area contributed by atoms with E-state index in [1.807, 2.05) is 18.2 Å². The van der Waals surface area contributed by atoms with Crippen LogP contribution in [0, 0.1) is 0 Å². The predicted octanol–water partition coefficient (Wildman–Crippen LogP) is 2.83. The second-order valence-electron chi connectivity index (χ2n) is 5.14. The van der Waals surface area contributed by atoms with Crippen LogP contribution in [0.5, 0.6) is 11.5 Å². The maximum absolute atomic E-state index is 5.62. The molecular formula is C15H16N2O2S. The summed E-state index contributed by atoms with van der Waals surface area (Å²) in [5.74, 6) is 1.64. The summed E-state index contributed by atoms with van der Waals surface area (Å²) < 4.78 is 11.2. The summed E-state index contributed by atoms with van der Waals surface area (Å²) in [5.41, 5.74) is 2.10. The zero-order valence-corrected chi connectivity index (χ0v) is 11.9. The number of benzene rings is 1. The molecule has 2 heterocycles. The highest BCUT2D eigenvalue weighted by atomic mass is 32.1. The second kappa shape index (κ2) is 5.07. The zero-order chi connectivity index (χ0) is 13.4. The summed E-state index contributed by atoms with van der Waals surface area (Å²) in [5, 5.41) is 6.74. The van der Waals surface area contributed by atoms with E-state index in [1.165, 1.54) is 12.8 Å². The van der Waals surface area contributed by atoms with Gasteiger partial charge in [-0.1, -0.05) is 0 Å². The molecule has 1 saturated carbocycles. The lowest BCUT2D eigenvalue weighted by atomic mass is 10.1. The van der Waals surface area contributed by atoms with Gasteiger partial charge in [0.1, 0.15) is 18.2 Å². The van der Waals surface area contributed by atoms with Crippen LogP contribution in [-0.2, 0) is 6.54 Å². The Morgan fingerprint density at radius 3 is 2.90 bits per heavy atom. The standard InChI is InChI=1S/C15H16N2O2S/c1-4-13-14(19-6-5-18-13)7-10(1)12-9-20-15(17-12)8-16-11-2-3-11/h1,4,7,9,11,16H,2-3,5-6,8H2. The van der Waals surface area contributed by atoms with Crippen molar-refractivity contribution in [2.45, 2.75) is 25.4 Å². The third-order valence-electron chi connectivity index (χ3n) is 3.51. The molecule has 1 fully saturated rings. The van der Waals surface area contributed by atoms with Crippen molar-refractivity contribution < 1.29 is 9.47 Å². The van der Waals surface area contributed by atoms with E-state index in [0.29, 0.717) is 13.2 Å². The lowest BCUT2D eigenvalue weighted by Crippen LogP contribution is -2.15. The van der Waals surface area contributed by atoms with Gasteiger partial charge in [0.15, 0.2) is 11.5 Å². The van der Waals surface area contributed by atoms with Gasteiger partial charge in [-0.15, -0.1) is 11.3 Å². The first kappa shape index (κ1) is 12.2. The molecule has 0 atom stereocenters. The lowest BCUT2D eigenvalue weighted by molar-refractivity contribution is 0.171. The minimum Gasteiger partial charge on any atom is -0.486 e. The first-order chi connectivity index (χ1) is 9.88. The zero-order valence-electron chi connectivity index (χ0n) is 11.1. The molecule has 4 rings (SSSR count). The van der Waals surface area contributed by atoms with E-state index in [4.69, 9.17) is 9.47 Å². The first-order valence-electron chi connectivity index (χ1n) is 6.96. The Balaban J connectivity index is 1.53. The number of ether oxygens (including phenoxy) is 2. The summed E-state index contributed by atoms with van der Waals surface area (Å²) in [4.78, 5) is 4.69. The maximum atomic E-state index is 5.62. The van der Waals surface area contributed by atoms with Gasteiger partial charge in [0.2, 0.25) is 0 Å². The van der Waals surface area contributed by atoms with Crippen molar-refractivity contribution in [2.75, 3.05) is 13.2 Å². The van der Waals surface area contributed by atoms with Crippen LogP contribution in [0.15, 0.2) is 23.6 Å². The molecule has 20 heavy (non-hydrogen) atoms. The van der Waals surface area contributed by atoms with Gasteiger partial charge in [-0.3, -0.25) is 0 Å². The Bertz CT molecular complexity index is 622. The summed E-state index contributed by atoms with van der Waals surface area (Å²) in [7, 11) is 0. The van der Waals surface area contributed by atoms with Crippen molar-refractivity contribution in [1.29, 1.82) is 0 Å². The minimum atomic E-state index is 0.615. The molecule has 1 N–H and O–H groups in total. The third kappa shape index (κ3) is 2.51. The minimum absolute atomic E-state index is 0.615. The van der Waals surface area contributed by atoms with Crippen molar-refractivity contribution in [2.24, 2.45) is 0 Å². The lowest BCUT2D eigenvalue weighted by Gasteiger charge is -2.18. The Morgan fingerprint density at radius 2 is 2.05 bits per heavy atom. The molecule has 0 spiro atoms. The van der Waals surface area contributed by atoms with Crippen LogP contribution < -0.4 is 14.8 Å². The van der Waals surface area contributed by atoms with Crippen LogP contribution in [0.25, 0.3) is 11.3 Å². The number of hydrogen-bond acceptors (Lipinski definition) is 5. The first-order valence-corrected chi connectivity index (χ1v) is 7.84. The van der Waals surface area contributed by atoms with Crippen molar-refractivity contribution in [3.05, 3.63) is 28.6 Å². The van der Waals surface area contributed by atoms with Gasteiger partial charge in [-0.2, -0.15) is 0 Å². The van der Waals surface area contributed by atoms with Gasteiger partial charge in [-0.05, 0) is 31.0 Å². The average Bonchev–Trinajstić information content (AvgIpc) is 3.21. The van der Waals surface area contributed by atoms with Crippen LogP contribution in [-0.4, -0.2) is 24.2 Å². The molecule has 0 amide bonds. The fourth-order valence-electron chi connectivity index (χ4n) is 2.25. The molecule has 1 aromatic heterocycles. The third-order valence-corrected chi connectivity index (χ3v) is 4.36. The quantitative estimate of drug-likeness (QED) is 0.939. The number of hydrogen-bond donors (Lipinski definition) is 1. The Morgan fingerprint density at radius 1 is 1.20 bits per heavy atom. The van der Waals surface area contributed by atoms with Crippen molar-refractivity contribution in [1.82, 2.24) is 10.3 Å². The summed E-state index contributed by atoms with van der Waals surface area (Å²) in [6.07, 6.45) is 2.61. The molecule has 1 aliphatic carbocycles. The highest BCUT2D eigenvalue weighted by Gasteiger charge is 2.20. The van der Waals surface area contributed by atoms with Gasteiger partial charge in [0.05, 0.1) is 5.69 Å². The summed E-state index contributed by atoms with van der Waals surface area (Å²) in [6.45, 7) is 2.12. The molecule has 0 bridgehead atoms. The van der Waals surface area contributed by atoms with Crippen molar-refractivity contribution in [3.63, 3.8) is 0 Å².